The zero-order chi connectivity index (χ0) is 13.1. The molecule has 1 saturated carbocycles. The fourth-order valence-corrected chi connectivity index (χ4v) is 1.56. The number of nitro groups is 1. The van der Waals surface area contributed by atoms with Gasteiger partial charge in [0.2, 0.25) is 0 Å². The highest BCUT2D eigenvalue weighted by molar-refractivity contribution is 6.30. The Morgan fingerprint density at radius 1 is 1.56 bits per heavy atom. The van der Waals surface area contributed by atoms with E-state index in [1.807, 2.05) is 0 Å². The maximum Gasteiger partial charge on any atom is 0.312 e. The van der Waals surface area contributed by atoms with Crippen molar-refractivity contribution in [2.45, 2.75) is 18.9 Å². The van der Waals surface area contributed by atoms with Gasteiger partial charge in [-0.1, -0.05) is 11.6 Å². The Hall–Kier alpha value is -1.82. The van der Waals surface area contributed by atoms with E-state index in [-0.39, 0.29) is 35.0 Å². The van der Waals surface area contributed by atoms with Crippen molar-refractivity contribution in [3.63, 3.8) is 0 Å². The summed E-state index contributed by atoms with van der Waals surface area (Å²) in [7, 11) is 0. The van der Waals surface area contributed by atoms with Crippen molar-refractivity contribution < 1.29 is 14.5 Å². The number of halogens is 1. The Balaban J connectivity index is 1.99. The number of rotatable bonds is 5. The van der Waals surface area contributed by atoms with Crippen LogP contribution in [-0.2, 0) is 4.79 Å². The molecule has 1 aromatic rings. The molecule has 6 nitrogen and oxygen atoms in total. The Morgan fingerprint density at radius 2 is 2.28 bits per heavy atom. The molecule has 0 aromatic heterocycles. The van der Waals surface area contributed by atoms with Gasteiger partial charge in [0.15, 0.2) is 12.4 Å². The molecule has 2 rings (SSSR count). The van der Waals surface area contributed by atoms with E-state index in [0.717, 1.165) is 12.8 Å². The molecule has 0 radical (unpaired) electrons. The molecule has 18 heavy (non-hydrogen) atoms. The molecule has 0 spiro atoms. The highest BCUT2D eigenvalue weighted by Gasteiger charge is 2.24. The summed E-state index contributed by atoms with van der Waals surface area (Å²) in [6.45, 7) is -0.237. The lowest BCUT2D eigenvalue weighted by molar-refractivity contribution is -0.385. The average Bonchev–Trinajstić information content (AvgIpc) is 3.11. The molecule has 1 aliphatic carbocycles. The van der Waals surface area contributed by atoms with Gasteiger partial charge >= 0.3 is 5.69 Å². The smallest absolute Gasteiger partial charge is 0.312 e. The predicted octanol–water partition coefficient (Wildman–Crippen LogP) is 1.91. The highest BCUT2D eigenvalue weighted by Crippen LogP contribution is 2.29. The van der Waals surface area contributed by atoms with E-state index in [9.17, 15) is 14.9 Å². The van der Waals surface area contributed by atoms with Crippen LogP contribution in [0.5, 0.6) is 5.75 Å². The number of benzene rings is 1. The first-order valence-corrected chi connectivity index (χ1v) is 5.80. The standard InChI is InChI=1S/C11H11ClN2O4/c12-7-1-4-10(9(5-7)14(16)17)18-6-11(15)13-8-2-3-8/h1,4-5,8H,2-3,6H2,(H,13,15). The summed E-state index contributed by atoms with van der Waals surface area (Å²) in [5.41, 5.74) is -0.248. The minimum Gasteiger partial charge on any atom is -0.477 e. The number of hydrogen-bond acceptors (Lipinski definition) is 4. The van der Waals surface area contributed by atoms with Crippen LogP contribution in [0.25, 0.3) is 0 Å². The van der Waals surface area contributed by atoms with E-state index in [1.54, 1.807) is 0 Å². The quantitative estimate of drug-likeness (QED) is 0.654. The van der Waals surface area contributed by atoms with Crippen LogP contribution in [-0.4, -0.2) is 23.5 Å². The number of hydrogen-bond donors (Lipinski definition) is 1. The lowest BCUT2D eigenvalue weighted by atomic mass is 10.3. The van der Waals surface area contributed by atoms with E-state index in [2.05, 4.69) is 5.32 Å². The Morgan fingerprint density at radius 3 is 2.89 bits per heavy atom. The molecule has 1 aliphatic rings. The molecule has 0 aliphatic heterocycles. The normalized spacial score (nSPS) is 14.1. The molecule has 0 heterocycles. The van der Waals surface area contributed by atoms with Gasteiger partial charge in [-0.3, -0.25) is 14.9 Å². The molecule has 96 valence electrons. The van der Waals surface area contributed by atoms with Crippen molar-refractivity contribution in [3.8, 4) is 5.75 Å². The molecule has 0 saturated heterocycles. The van der Waals surface area contributed by atoms with Gasteiger partial charge in [0.1, 0.15) is 0 Å². The van der Waals surface area contributed by atoms with Gasteiger partial charge in [0.05, 0.1) is 4.92 Å². The van der Waals surface area contributed by atoms with Crippen LogP contribution in [0.3, 0.4) is 0 Å². The Labute approximate surface area is 108 Å². The van der Waals surface area contributed by atoms with Crippen LogP contribution in [0.1, 0.15) is 12.8 Å². The van der Waals surface area contributed by atoms with Gasteiger partial charge in [0.25, 0.3) is 5.91 Å². The molecule has 1 amide bonds. The second-order valence-corrected chi connectivity index (χ2v) is 4.44. The van der Waals surface area contributed by atoms with Crippen LogP contribution in [0.2, 0.25) is 5.02 Å². The predicted molar refractivity (Wildman–Crippen MR) is 64.8 cm³/mol. The van der Waals surface area contributed by atoms with E-state index >= 15 is 0 Å². The van der Waals surface area contributed by atoms with Crippen LogP contribution in [0.4, 0.5) is 5.69 Å². The summed E-state index contributed by atoms with van der Waals surface area (Å²) in [4.78, 5) is 21.6. The molecule has 7 heteroatoms. The SMILES string of the molecule is O=C(COc1ccc(Cl)cc1[N+](=O)[O-])NC1CC1. The van der Waals surface area contributed by atoms with Crippen molar-refractivity contribution in [1.29, 1.82) is 0 Å². The number of nitro benzene ring substituents is 1. The molecule has 0 bridgehead atoms. The third kappa shape index (κ3) is 3.33. The summed E-state index contributed by atoms with van der Waals surface area (Å²) in [5.74, 6) is -0.239. The zero-order valence-electron chi connectivity index (χ0n) is 9.39. The van der Waals surface area contributed by atoms with E-state index in [4.69, 9.17) is 16.3 Å². The van der Waals surface area contributed by atoms with Gasteiger partial charge in [-0.05, 0) is 25.0 Å². The third-order valence-corrected chi connectivity index (χ3v) is 2.65. The van der Waals surface area contributed by atoms with Crippen LogP contribution in [0, 0.1) is 10.1 Å². The minimum atomic E-state index is -0.597. The van der Waals surface area contributed by atoms with Crippen LogP contribution >= 0.6 is 11.6 Å². The second kappa shape index (κ2) is 5.22. The molecule has 0 unspecified atom stereocenters. The summed E-state index contributed by atoms with van der Waals surface area (Å²) in [6.07, 6.45) is 1.96. The van der Waals surface area contributed by atoms with E-state index in [0.29, 0.717) is 0 Å². The van der Waals surface area contributed by atoms with E-state index in [1.165, 1.54) is 18.2 Å². The van der Waals surface area contributed by atoms with Gasteiger partial charge in [-0.25, -0.2) is 0 Å². The first kappa shape index (κ1) is 12.6. The first-order valence-electron chi connectivity index (χ1n) is 5.42. The lowest BCUT2D eigenvalue weighted by Gasteiger charge is -2.07. The minimum absolute atomic E-state index is 0.0374. The Bertz CT molecular complexity index is 488. The molecular formula is C11H11ClN2O4. The number of ether oxygens (including phenoxy) is 1. The fourth-order valence-electron chi connectivity index (χ4n) is 1.40. The first-order chi connectivity index (χ1) is 8.56. The average molecular weight is 271 g/mol. The number of nitrogens with one attached hydrogen (secondary N) is 1. The van der Waals surface area contributed by atoms with Crippen LogP contribution < -0.4 is 10.1 Å². The maximum absolute atomic E-state index is 11.4. The molecule has 1 aromatic carbocycles. The molecule has 0 atom stereocenters. The van der Waals surface area contributed by atoms with Gasteiger partial charge in [-0.2, -0.15) is 0 Å². The van der Waals surface area contributed by atoms with E-state index < -0.39 is 4.92 Å². The van der Waals surface area contributed by atoms with Crippen molar-refractivity contribution in [2.24, 2.45) is 0 Å². The fraction of sp³-hybridized carbons (Fsp3) is 0.364. The van der Waals surface area contributed by atoms with Crippen molar-refractivity contribution in [2.75, 3.05) is 6.61 Å². The summed E-state index contributed by atoms with van der Waals surface area (Å²) in [6, 6.07) is 4.28. The zero-order valence-corrected chi connectivity index (χ0v) is 10.1. The summed E-state index contributed by atoms with van der Waals surface area (Å²) < 4.78 is 5.13. The van der Waals surface area contributed by atoms with Crippen LogP contribution in [0.15, 0.2) is 18.2 Å². The molecular weight excluding hydrogens is 260 g/mol. The Kier molecular flexibility index (Phi) is 3.66. The largest absolute Gasteiger partial charge is 0.477 e. The molecule has 1 N–H and O–H groups in total. The number of nitrogens with zero attached hydrogens (tertiary/aromatic N) is 1. The van der Waals surface area contributed by atoms with Crippen molar-refractivity contribution in [3.05, 3.63) is 33.3 Å². The third-order valence-electron chi connectivity index (χ3n) is 2.42. The van der Waals surface area contributed by atoms with Crippen molar-refractivity contribution >= 4 is 23.2 Å². The lowest BCUT2D eigenvalue weighted by Crippen LogP contribution is -2.30. The highest BCUT2D eigenvalue weighted by atomic mass is 35.5. The van der Waals surface area contributed by atoms with Crippen molar-refractivity contribution in [1.82, 2.24) is 5.32 Å². The summed E-state index contributed by atoms with van der Waals surface area (Å²) >= 11 is 5.66. The number of amides is 1. The topological polar surface area (TPSA) is 81.5 Å². The van der Waals surface area contributed by atoms with Gasteiger partial charge in [-0.15, -0.1) is 0 Å². The maximum atomic E-state index is 11.4. The van der Waals surface area contributed by atoms with Gasteiger partial charge < -0.3 is 10.1 Å². The monoisotopic (exact) mass is 270 g/mol. The summed E-state index contributed by atoms with van der Waals surface area (Å²) in [5, 5.41) is 13.7. The molecule has 1 fully saturated rings. The number of carbonyl (C=O) groups is 1. The number of carbonyl (C=O) groups excluding carboxylic acids is 1. The second-order valence-electron chi connectivity index (χ2n) is 4.00. The van der Waals surface area contributed by atoms with Gasteiger partial charge in [0, 0.05) is 17.1 Å².